The first-order valence-electron chi connectivity index (χ1n) is 5.40. The van der Waals surface area contributed by atoms with Gasteiger partial charge in [-0.3, -0.25) is 9.59 Å². The van der Waals surface area contributed by atoms with Gasteiger partial charge in [-0.05, 0) is 12.1 Å². The Morgan fingerprint density at radius 1 is 0.727 bits per heavy atom. The Kier molecular flexibility index (Phi) is 4.18. The molecule has 10 heteroatoms. The Hall–Kier alpha value is -1.68. The highest BCUT2D eigenvalue weighted by molar-refractivity contribution is 7.11. The molecule has 2 rings (SSSR count). The molecule has 0 radical (unpaired) electrons. The third-order valence-electron chi connectivity index (χ3n) is 2.49. The zero-order valence-corrected chi connectivity index (χ0v) is 11.8. The van der Waals surface area contributed by atoms with Gasteiger partial charge in [-0.15, -0.1) is 22.7 Å². The van der Waals surface area contributed by atoms with Gasteiger partial charge in [0.25, 0.3) is 0 Å². The highest BCUT2D eigenvalue weighted by Gasteiger charge is 2.35. The van der Waals surface area contributed by atoms with E-state index in [4.69, 9.17) is 0 Å². The molecule has 0 saturated heterocycles. The fourth-order valence-electron chi connectivity index (χ4n) is 1.47. The van der Waals surface area contributed by atoms with Crippen molar-refractivity contribution in [1.82, 2.24) is 0 Å². The maximum absolute atomic E-state index is 12.4. The van der Waals surface area contributed by atoms with Crippen LogP contribution >= 0.6 is 22.7 Å². The molecule has 2 nitrogen and oxygen atoms in total. The predicted molar refractivity (Wildman–Crippen MR) is 67.3 cm³/mol. The van der Waals surface area contributed by atoms with Crippen molar-refractivity contribution in [2.24, 2.45) is 0 Å². The van der Waals surface area contributed by atoms with Gasteiger partial charge in [0.1, 0.15) is 9.75 Å². The summed E-state index contributed by atoms with van der Waals surface area (Å²) in [6, 6.07) is 1.00. The summed E-state index contributed by atoms with van der Waals surface area (Å²) < 4.78 is 74.5. The fraction of sp³-hybridized carbons (Fsp3) is 0.167. The number of carbonyl (C=O) groups excluding carboxylic acids is 2. The van der Waals surface area contributed by atoms with E-state index in [2.05, 4.69) is 0 Å². The molecule has 0 bridgehead atoms. The number of hydrogen-bond acceptors (Lipinski definition) is 4. The topological polar surface area (TPSA) is 34.1 Å². The molecule has 0 spiro atoms. The zero-order chi connectivity index (χ0) is 16.7. The first-order valence-corrected chi connectivity index (χ1v) is 7.16. The highest BCUT2D eigenvalue weighted by atomic mass is 32.1. The molecular formula is C12H4F6O2S2. The maximum Gasteiger partial charge on any atom is 0.425 e. The molecule has 0 aromatic carbocycles. The molecular weight excluding hydrogens is 354 g/mol. The lowest BCUT2D eigenvalue weighted by Crippen LogP contribution is -2.13. The van der Waals surface area contributed by atoms with Crippen molar-refractivity contribution in [3.05, 3.63) is 43.8 Å². The monoisotopic (exact) mass is 358 g/mol. The first-order chi connectivity index (χ1) is 10.00. The quantitative estimate of drug-likeness (QED) is 0.444. The molecule has 0 aliphatic carbocycles. The van der Waals surface area contributed by atoms with Crippen LogP contribution in [0.2, 0.25) is 0 Å². The lowest BCUT2D eigenvalue weighted by molar-refractivity contribution is -0.135. The lowest BCUT2D eigenvalue weighted by Gasteiger charge is -2.01. The van der Waals surface area contributed by atoms with Crippen LogP contribution in [0.3, 0.4) is 0 Å². The molecule has 22 heavy (non-hydrogen) atoms. The number of thiophene rings is 2. The summed E-state index contributed by atoms with van der Waals surface area (Å²) >= 11 is 0.463. The zero-order valence-electron chi connectivity index (χ0n) is 10.2. The minimum Gasteiger partial charge on any atom is -0.285 e. The predicted octanol–water partition coefficient (Wildman–Crippen LogP) is 4.91. The summed E-state index contributed by atoms with van der Waals surface area (Å²) in [5.41, 5.74) is -0.996. The van der Waals surface area contributed by atoms with Crippen LogP contribution in [0.1, 0.15) is 30.5 Å². The van der Waals surface area contributed by atoms with Gasteiger partial charge in [-0.1, -0.05) is 0 Å². The second kappa shape index (κ2) is 5.51. The van der Waals surface area contributed by atoms with Gasteiger partial charge < -0.3 is 0 Å². The van der Waals surface area contributed by atoms with Gasteiger partial charge in [-0.25, -0.2) is 0 Å². The van der Waals surface area contributed by atoms with Crippen molar-refractivity contribution in [2.45, 2.75) is 12.4 Å². The number of ketones is 2. The smallest absolute Gasteiger partial charge is 0.285 e. The molecule has 0 aliphatic heterocycles. The van der Waals surface area contributed by atoms with Gasteiger partial charge in [-0.2, -0.15) is 26.3 Å². The molecule has 0 N–H and O–H groups in total. The van der Waals surface area contributed by atoms with Crippen LogP contribution in [0.15, 0.2) is 22.9 Å². The summed E-state index contributed by atoms with van der Waals surface area (Å²) in [5.74, 6) is -2.56. The highest BCUT2D eigenvalue weighted by Crippen LogP contribution is 2.36. The number of Topliss-reactive ketones (excluding diaryl/α,β-unsaturated/α-hetero) is 2. The van der Waals surface area contributed by atoms with E-state index in [0.29, 0.717) is 12.1 Å². The van der Waals surface area contributed by atoms with Crippen LogP contribution in [0.25, 0.3) is 0 Å². The molecule has 0 amide bonds. The fourth-order valence-corrected chi connectivity index (χ4v) is 2.99. The Morgan fingerprint density at radius 2 is 1.05 bits per heavy atom. The molecule has 0 atom stereocenters. The van der Waals surface area contributed by atoms with E-state index in [0.717, 1.165) is 10.8 Å². The number of hydrogen-bond donors (Lipinski definition) is 0. The van der Waals surface area contributed by atoms with Crippen molar-refractivity contribution in [2.75, 3.05) is 0 Å². The molecule has 0 unspecified atom stereocenters. The molecule has 2 heterocycles. The molecule has 2 aromatic heterocycles. The summed E-state index contributed by atoms with van der Waals surface area (Å²) in [5, 5.41) is 1.69. The second-order valence-corrected chi connectivity index (χ2v) is 5.88. The van der Waals surface area contributed by atoms with Crippen molar-refractivity contribution in [3.8, 4) is 0 Å². The third-order valence-corrected chi connectivity index (χ3v) is 4.44. The average Bonchev–Trinajstić information content (AvgIpc) is 3.04. The van der Waals surface area contributed by atoms with Gasteiger partial charge in [0.2, 0.25) is 11.6 Å². The van der Waals surface area contributed by atoms with E-state index >= 15 is 0 Å². The van der Waals surface area contributed by atoms with Crippen LogP contribution in [-0.4, -0.2) is 11.6 Å². The van der Waals surface area contributed by atoms with Crippen LogP contribution in [-0.2, 0) is 12.4 Å². The lowest BCUT2D eigenvalue weighted by atomic mass is 10.1. The van der Waals surface area contributed by atoms with Crippen molar-refractivity contribution < 1.29 is 35.9 Å². The molecule has 0 aliphatic rings. The van der Waals surface area contributed by atoms with Gasteiger partial charge in [0.15, 0.2) is 0 Å². The van der Waals surface area contributed by atoms with E-state index in [9.17, 15) is 35.9 Å². The van der Waals surface area contributed by atoms with E-state index in [-0.39, 0.29) is 22.7 Å². The van der Waals surface area contributed by atoms with Gasteiger partial charge in [0, 0.05) is 21.9 Å². The largest absolute Gasteiger partial charge is 0.425 e. The van der Waals surface area contributed by atoms with Gasteiger partial charge >= 0.3 is 12.4 Å². The average molecular weight is 358 g/mol. The van der Waals surface area contributed by atoms with E-state index in [1.54, 1.807) is 0 Å². The van der Waals surface area contributed by atoms with Crippen molar-refractivity contribution in [1.29, 1.82) is 0 Å². The number of halogens is 6. The number of carbonyl (C=O) groups is 2. The maximum atomic E-state index is 12.4. The Labute approximate surface area is 127 Å². The molecule has 2 aromatic rings. The molecule has 0 fully saturated rings. The SMILES string of the molecule is O=C(C(=O)c1csc(C(F)(F)F)c1)c1csc(C(F)(F)F)c1. The minimum absolute atomic E-state index is 0.231. The van der Waals surface area contributed by atoms with Crippen molar-refractivity contribution in [3.63, 3.8) is 0 Å². The van der Waals surface area contributed by atoms with Gasteiger partial charge in [0.05, 0.1) is 0 Å². The Bertz CT molecular complexity index is 660. The Morgan fingerprint density at radius 3 is 1.27 bits per heavy atom. The summed E-state index contributed by atoms with van der Waals surface area (Å²) in [7, 11) is 0. The van der Waals surface area contributed by atoms with E-state index in [1.165, 1.54) is 0 Å². The third kappa shape index (κ3) is 3.38. The molecule has 118 valence electrons. The standard InChI is InChI=1S/C12H4F6O2S2/c13-11(14,15)7-1-5(3-21-7)9(19)10(20)6-2-8(22-4-6)12(16,17)18/h1-4H. The number of alkyl halides is 6. The van der Waals surface area contributed by atoms with Crippen LogP contribution < -0.4 is 0 Å². The summed E-state index contributed by atoms with van der Waals surface area (Å²) in [6.07, 6.45) is -9.31. The van der Waals surface area contributed by atoms with E-state index in [1.807, 2.05) is 0 Å². The Balaban J connectivity index is 2.24. The van der Waals surface area contributed by atoms with E-state index < -0.39 is 44.8 Å². The van der Waals surface area contributed by atoms with Crippen molar-refractivity contribution >= 4 is 34.2 Å². The molecule has 0 saturated carbocycles. The minimum atomic E-state index is -4.65. The normalized spacial score (nSPS) is 12.5. The van der Waals surface area contributed by atoms with Crippen LogP contribution in [0.5, 0.6) is 0 Å². The summed E-state index contributed by atoms with van der Waals surface area (Å²) in [6.45, 7) is 0. The first kappa shape index (κ1) is 16.7. The van der Waals surface area contributed by atoms with Crippen LogP contribution in [0, 0.1) is 0 Å². The van der Waals surface area contributed by atoms with Crippen LogP contribution in [0.4, 0.5) is 26.3 Å². The summed E-state index contributed by atoms with van der Waals surface area (Å²) in [4.78, 5) is 21.4. The second-order valence-electron chi connectivity index (χ2n) is 4.05. The number of rotatable bonds is 3.